The number of amides is 6. The first-order chi connectivity index (χ1) is 30.5. The van der Waals surface area contributed by atoms with Crippen molar-refractivity contribution in [3.63, 3.8) is 0 Å². The van der Waals surface area contributed by atoms with Crippen LogP contribution >= 0.6 is 31.9 Å². The lowest BCUT2D eigenvalue weighted by molar-refractivity contribution is -0.139. The number of carbonyl (C=O) groups is 6. The van der Waals surface area contributed by atoms with Gasteiger partial charge in [-0.15, -0.1) is 0 Å². The number of methoxy groups -OCH3 is 2. The van der Waals surface area contributed by atoms with Gasteiger partial charge in [0.25, 0.3) is 0 Å². The van der Waals surface area contributed by atoms with Gasteiger partial charge in [-0.1, -0.05) is 52.0 Å². The van der Waals surface area contributed by atoms with Gasteiger partial charge in [-0.2, -0.15) is 0 Å². The SMILES string of the molecule is COC(=O)N[C@H](C(=O)N1CCC[C@H]1C(=O)Nc1ccc(-c2c(Br)c(Br)c(-c3ccc(NC(=O)[C@@H]4CCCN4C(=O)[C@@H](NC(=O)OC)C(C)C)cc3)n2-c2ccc(F)cc2)cc1)C(C)C. The van der Waals surface area contributed by atoms with Crippen molar-refractivity contribution in [1.29, 1.82) is 0 Å². The number of hydrogen-bond acceptors (Lipinski definition) is 8. The fraction of sp³-hybridized carbons (Fsp3) is 0.391. The lowest BCUT2D eigenvalue weighted by Gasteiger charge is -2.30. The molecule has 18 heteroatoms. The van der Waals surface area contributed by atoms with Gasteiger partial charge in [0.05, 0.1) is 34.6 Å². The van der Waals surface area contributed by atoms with E-state index in [0.29, 0.717) is 64.8 Å². The second-order valence-electron chi connectivity index (χ2n) is 16.4. The predicted molar refractivity (Wildman–Crippen MR) is 247 cm³/mol. The zero-order chi connectivity index (χ0) is 46.4. The number of aromatic nitrogens is 1. The third-order valence-corrected chi connectivity index (χ3v) is 13.5. The molecule has 3 aromatic carbocycles. The first-order valence-corrected chi connectivity index (χ1v) is 22.6. The number of hydrogen-bond donors (Lipinski definition) is 4. The van der Waals surface area contributed by atoms with Crippen LogP contribution < -0.4 is 21.3 Å². The summed E-state index contributed by atoms with van der Waals surface area (Å²) in [6.07, 6.45) is 0.760. The molecule has 1 aromatic heterocycles. The summed E-state index contributed by atoms with van der Waals surface area (Å²) in [6, 6.07) is 17.4. The maximum absolute atomic E-state index is 14.3. The van der Waals surface area contributed by atoms with Crippen molar-refractivity contribution >= 4 is 79.0 Å². The fourth-order valence-electron chi connectivity index (χ4n) is 8.11. The molecule has 3 heterocycles. The first-order valence-electron chi connectivity index (χ1n) is 21.0. The zero-order valence-corrected chi connectivity index (χ0v) is 39.5. The maximum Gasteiger partial charge on any atom is 0.407 e. The van der Waals surface area contributed by atoms with Crippen LogP contribution in [0.3, 0.4) is 0 Å². The van der Waals surface area contributed by atoms with Gasteiger partial charge in [0.15, 0.2) is 0 Å². The molecule has 2 aliphatic rings. The number of likely N-dealkylation sites (tertiary alicyclic amines) is 2. The van der Waals surface area contributed by atoms with E-state index < -0.39 is 42.2 Å². The van der Waals surface area contributed by atoms with E-state index in [2.05, 4.69) is 53.1 Å². The first kappa shape index (κ1) is 47.7. The van der Waals surface area contributed by atoms with Gasteiger partial charge in [-0.05, 0) is 129 Å². The Labute approximate surface area is 388 Å². The highest BCUT2D eigenvalue weighted by molar-refractivity contribution is 9.13. The smallest absolute Gasteiger partial charge is 0.407 e. The highest BCUT2D eigenvalue weighted by Crippen LogP contribution is 2.46. The van der Waals surface area contributed by atoms with Gasteiger partial charge in [0, 0.05) is 30.2 Å². The summed E-state index contributed by atoms with van der Waals surface area (Å²) >= 11 is 7.60. The highest BCUT2D eigenvalue weighted by atomic mass is 79.9. The van der Waals surface area contributed by atoms with E-state index in [4.69, 9.17) is 9.47 Å². The molecule has 2 aliphatic heterocycles. The monoisotopic (exact) mass is 1010 g/mol. The molecular weight excluding hydrogens is 957 g/mol. The lowest BCUT2D eigenvalue weighted by atomic mass is 10.0. The molecule has 0 aliphatic carbocycles. The average Bonchev–Trinajstić information content (AvgIpc) is 4.04. The maximum atomic E-state index is 14.3. The van der Waals surface area contributed by atoms with Gasteiger partial charge in [0.2, 0.25) is 23.6 Å². The standard InChI is InChI=1S/C46H52Br2FN7O8/c1-25(2)37(52-45(61)63-5)43(59)54-23-7-9-33(54)41(57)50-30-17-11-27(12-18-30)39-35(47)36(48)40(56(39)32-21-15-29(49)16-22-32)28-13-19-31(20-14-28)51-42(58)34-10-8-24-55(34)44(60)38(26(3)4)53-46(62)64-6/h11-22,25-26,33-34,37-38H,7-10,23-24H2,1-6H3,(H,50,57)(H,51,58)(H,52,61)(H,53,62)/t33-,34-,37-,38-/m0/s1. The molecule has 0 radical (unpaired) electrons. The van der Waals surface area contributed by atoms with Crippen LogP contribution in [0.1, 0.15) is 53.4 Å². The van der Waals surface area contributed by atoms with Crippen LogP contribution in [-0.4, -0.2) is 102 Å². The second kappa shape index (κ2) is 20.8. The Bertz CT molecular complexity index is 2230. The minimum atomic E-state index is -0.853. The van der Waals surface area contributed by atoms with Crippen molar-refractivity contribution in [2.45, 2.75) is 77.5 Å². The van der Waals surface area contributed by atoms with Crippen LogP contribution in [0.5, 0.6) is 0 Å². The molecule has 4 N–H and O–H groups in total. The topological polar surface area (TPSA) is 180 Å². The molecule has 0 saturated carbocycles. The van der Waals surface area contributed by atoms with Crippen LogP contribution in [0.4, 0.5) is 25.4 Å². The summed E-state index contributed by atoms with van der Waals surface area (Å²) < 4.78 is 27.1. The van der Waals surface area contributed by atoms with Crippen LogP contribution in [0, 0.1) is 17.7 Å². The van der Waals surface area contributed by atoms with E-state index >= 15 is 0 Å². The highest BCUT2D eigenvalue weighted by Gasteiger charge is 2.40. The second-order valence-corrected chi connectivity index (χ2v) is 18.0. The summed E-state index contributed by atoms with van der Waals surface area (Å²) in [4.78, 5) is 81.4. The number of carbonyl (C=O) groups excluding carboxylic acids is 6. The Hall–Kier alpha value is -5.75. The molecule has 0 spiro atoms. The summed E-state index contributed by atoms with van der Waals surface area (Å²) in [7, 11) is 2.45. The van der Waals surface area contributed by atoms with Crippen molar-refractivity contribution in [2.75, 3.05) is 37.9 Å². The Morgan fingerprint density at radius 3 is 1.33 bits per heavy atom. The number of benzene rings is 3. The molecule has 64 heavy (non-hydrogen) atoms. The van der Waals surface area contributed by atoms with E-state index in [-0.39, 0.29) is 35.5 Å². The molecule has 0 bridgehead atoms. The van der Waals surface area contributed by atoms with Gasteiger partial charge in [-0.3, -0.25) is 19.2 Å². The molecule has 0 unspecified atom stereocenters. The predicted octanol–water partition coefficient (Wildman–Crippen LogP) is 8.10. The normalized spacial score (nSPS) is 16.9. The van der Waals surface area contributed by atoms with E-state index in [1.165, 1.54) is 36.2 Å². The Morgan fingerprint density at radius 1 is 0.609 bits per heavy atom. The molecule has 340 valence electrons. The van der Waals surface area contributed by atoms with Crippen molar-refractivity contribution in [3.8, 4) is 28.2 Å². The van der Waals surface area contributed by atoms with Crippen molar-refractivity contribution in [3.05, 3.63) is 87.6 Å². The average molecular weight is 1010 g/mol. The number of nitrogens with one attached hydrogen (secondary N) is 4. The van der Waals surface area contributed by atoms with Gasteiger partial charge >= 0.3 is 12.2 Å². The molecule has 6 rings (SSSR count). The minimum Gasteiger partial charge on any atom is -0.453 e. The summed E-state index contributed by atoms with van der Waals surface area (Å²) in [5.74, 6) is -2.26. The van der Waals surface area contributed by atoms with Crippen LogP contribution in [0.25, 0.3) is 28.2 Å². The summed E-state index contributed by atoms with van der Waals surface area (Å²) in [5, 5.41) is 11.1. The van der Waals surface area contributed by atoms with Crippen LogP contribution in [-0.2, 0) is 28.7 Å². The van der Waals surface area contributed by atoms with E-state index in [1.54, 1.807) is 36.4 Å². The summed E-state index contributed by atoms with van der Waals surface area (Å²) in [5.41, 5.74) is 4.64. The molecule has 4 atom stereocenters. The van der Waals surface area contributed by atoms with E-state index in [9.17, 15) is 33.2 Å². The Morgan fingerprint density at radius 2 is 0.984 bits per heavy atom. The molecule has 6 amide bonds. The number of alkyl carbamates (subject to hydrolysis) is 2. The van der Waals surface area contributed by atoms with Crippen LogP contribution in [0.15, 0.2) is 81.7 Å². The van der Waals surface area contributed by atoms with Gasteiger partial charge in [-0.25, -0.2) is 14.0 Å². The van der Waals surface area contributed by atoms with Gasteiger partial charge in [0.1, 0.15) is 30.0 Å². The minimum absolute atomic E-state index is 0.235. The quantitative estimate of drug-likeness (QED) is 0.104. The van der Waals surface area contributed by atoms with Crippen molar-refractivity contribution in [2.24, 2.45) is 11.8 Å². The molecular formula is C46H52Br2FN7O8. The van der Waals surface area contributed by atoms with Crippen molar-refractivity contribution < 1.29 is 42.6 Å². The van der Waals surface area contributed by atoms with Crippen LogP contribution in [0.2, 0.25) is 0 Å². The lowest BCUT2D eigenvalue weighted by Crippen LogP contribution is -2.54. The Kier molecular flexibility index (Phi) is 15.5. The van der Waals surface area contributed by atoms with E-state index in [1.807, 2.05) is 56.5 Å². The molecule has 15 nitrogen and oxygen atoms in total. The fourth-order valence-corrected chi connectivity index (χ4v) is 9.30. The Balaban J connectivity index is 1.23. The third kappa shape index (κ3) is 10.4. The number of anilines is 2. The number of ether oxygens (including phenoxy) is 2. The molecule has 2 saturated heterocycles. The van der Waals surface area contributed by atoms with Crippen molar-refractivity contribution in [1.82, 2.24) is 25.0 Å². The largest absolute Gasteiger partial charge is 0.453 e. The third-order valence-electron chi connectivity index (χ3n) is 11.5. The molecule has 4 aromatic rings. The zero-order valence-electron chi connectivity index (χ0n) is 36.4. The summed E-state index contributed by atoms with van der Waals surface area (Å²) in [6.45, 7) is 8.00. The van der Waals surface area contributed by atoms with E-state index in [0.717, 1.165) is 22.5 Å². The number of halogens is 3. The molecule has 2 fully saturated rings. The number of rotatable bonds is 13. The number of nitrogens with zero attached hydrogens (tertiary/aromatic N) is 3. The van der Waals surface area contributed by atoms with Gasteiger partial charge < -0.3 is 45.1 Å².